The molecule has 0 radical (unpaired) electrons. The van der Waals surface area contributed by atoms with Crippen molar-refractivity contribution in [2.75, 3.05) is 11.9 Å². The molecule has 4 aromatic rings. The Morgan fingerprint density at radius 1 is 1.07 bits per heavy atom. The summed E-state index contributed by atoms with van der Waals surface area (Å²) in [6.45, 7) is 2.82. The average molecular weight is 387 g/mol. The monoisotopic (exact) mass is 387 g/mol. The molecule has 2 aromatic heterocycles. The lowest BCUT2D eigenvalue weighted by molar-refractivity contribution is 0.102. The molecule has 146 valence electrons. The number of carbonyl (C=O) groups is 1. The largest absolute Gasteiger partial charge is 0.494 e. The molecule has 0 saturated carbocycles. The van der Waals surface area contributed by atoms with Crippen LogP contribution in [0.2, 0.25) is 0 Å². The zero-order chi connectivity index (χ0) is 20.1. The van der Waals surface area contributed by atoms with E-state index in [1.165, 1.54) is 0 Å². The fourth-order valence-corrected chi connectivity index (χ4v) is 2.89. The second-order valence-corrected chi connectivity index (χ2v) is 6.62. The van der Waals surface area contributed by atoms with Gasteiger partial charge < -0.3 is 10.1 Å². The van der Waals surface area contributed by atoms with Crippen molar-refractivity contribution < 1.29 is 9.53 Å². The first kappa shape index (κ1) is 18.6. The van der Waals surface area contributed by atoms with Crippen LogP contribution in [-0.4, -0.2) is 32.9 Å². The lowest BCUT2D eigenvalue weighted by Gasteiger charge is -2.09. The second-order valence-electron chi connectivity index (χ2n) is 6.62. The summed E-state index contributed by atoms with van der Waals surface area (Å²) >= 11 is 0. The van der Waals surface area contributed by atoms with Crippen molar-refractivity contribution in [2.45, 2.75) is 19.8 Å². The van der Waals surface area contributed by atoms with Crippen molar-refractivity contribution in [3.63, 3.8) is 0 Å². The van der Waals surface area contributed by atoms with Crippen molar-refractivity contribution >= 4 is 22.8 Å². The molecule has 7 nitrogen and oxygen atoms in total. The molecule has 0 bridgehead atoms. The molecule has 0 fully saturated rings. The van der Waals surface area contributed by atoms with E-state index in [4.69, 9.17) is 4.74 Å². The number of H-pyrrole nitrogens is 1. The molecular weight excluding hydrogens is 366 g/mol. The van der Waals surface area contributed by atoms with E-state index in [2.05, 4.69) is 32.6 Å². The average Bonchev–Trinajstić information content (AvgIpc) is 3.23. The summed E-state index contributed by atoms with van der Waals surface area (Å²) < 4.78 is 5.65. The van der Waals surface area contributed by atoms with Crippen molar-refractivity contribution in [3.8, 4) is 17.0 Å². The lowest BCUT2D eigenvalue weighted by atomic mass is 10.1. The highest BCUT2D eigenvalue weighted by molar-refractivity contribution is 6.05. The summed E-state index contributed by atoms with van der Waals surface area (Å²) in [5.74, 6) is 0.613. The number of nitrogens with zero attached hydrogens (tertiary/aromatic N) is 3. The van der Waals surface area contributed by atoms with E-state index in [1.807, 2.05) is 54.6 Å². The summed E-state index contributed by atoms with van der Waals surface area (Å²) in [5, 5.41) is 13.5. The number of benzene rings is 2. The minimum atomic E-state index is -0.186. The molecule has 0 aliphatic rings. The molecule has 2 N–H and O–H groups in total. The van der Waals surface area contributed by atoms with Crippen LogP contribution in [0.1, 0.15) is 30.1 Å². The summed E-state index contributed by atoms with van der Waals surface area (Å²) in [4.78, 5) is 17.2. The van der Waals surface area contributed by atoms with E-state index in [0.717, 1.165) is 29.8 Å². The Balaban J connectivity index is 1.47. The van der Waals surface area contributed by atoms with Crippen LogP contribution in [0, 0.1) is 0 Å². The van der Waals surface area contributed by atoms with Gasteiger partial charge in [-0.1, -0.05) is 25.5 Å². The number of aromatic amines is 1. The van der Waals surface area contributed by atoms with Crippen LogP contribution in [0.25, 0.3) is 22.4 Å². The standard InChI is InChI=1S/C22H21N5O2/c1-2-3-13-29-18-9-7-17(8-10-18)23-22(28)16-6-4-5-15(14-16)19-11-12-20-21(24-19)26-27-25-20/h4-12,14H,2-3,13H2,1H3,(H,23,28)(H,24,25,26,27). The summed E-state index contributed by atoms with van der Waals surface area (Å²) in [7, 11) is 0. The number of amides is 1. The zero-order valence-electron chi connectivity index (χ0n) is 16.1. The first-order valence-electron chi connectivity index (χ1n) is 9.55. The molecule has 4 rings (SSSR count). The Labute approximate surface area is 168 Å². The van der Waals surface area contributed by atoms with Gasteiger partial charge in [0.25, 0.3) is 5.91 Å². The highest BCUT2D eigenvalue weighted by Gasteiger charge is 2.10. The van der Waals surface area contributed by atoms with Gasteiger partial charge in [0, 0.05) is 16.8 Å². The second kappa shape index (κ2) is 8.52. The number of rotatable bonds is 7. The first-order chi connectivity index (χ1) is 14.2. The van der Waals surface area contributed by atoms with Crippen molar-refractivity contribution in [1.29, 1.82) is 0 Å². The molecule has 2 heterocycles. The van der Waals surface area contributed by atoms with E-state index in [-0.39, 0.29) is 5.91 Å². The maximum atomic E-state index is 12.7. The number of aromatic nitrogens is 4. The molecule has 7 heteroatoms. The third-order valence-corrected chi connectivity index (χ3v) is 4.48. The van der Waals surface area contributed by atoms with E-state index >= 15 is 0 Å². The van der Waals surface area contributed by atoms with Gasteiger partial charge in [0.1, 0.15) is 11.3 Å². The van der Waals surface area contributed by atoms with Gasteiger partial charge in [0.2, 0.25) is 5.65 Å². The number of hydrogen-bond donors (Lipinski definition) is 2. The van der Waals surface area contributed by atoms with Crippen LogP contribution >= 0.6 is 0 Å². The Morgan fingerprint density at radius 3 is 2.76 bits per heavy atom. The van der Waals surface area contributed by atoms with Crippen molar-refractivity contribution in [3.05, 3.63) is 66.2 Å². The fourth-order valence-electron chi connectivity index (χ4n) is 2.89. The van der Waals surface area contributed by atoms with Crippen LogP contribution in [0.5, 0.6) is 5.75 Å². The third kappa shape index (κ3) is 4.40. The molecule has 2 aromatic carbocycles. The number of nitrogens with one attached hydrogen (secondary N) is 2. The van der Waals surface area contributed by atoms with E-state index in [0.29, 0.717) is 29.0 Å². The van der Waals surface area contributed by atoms with Gasteiger partial charge in [-0.15, -0.1) is 5.10 Å². The van der Waals surface area contributed by atoms with Gasteiger partial charge in [-0.3, -0.25) is 4.79 Å². The van der Waals surface area contributed by atoms with E-state index in [1.54, 1.807) is 6.07 Å². The Morgan fingerprint density at radius 2 is 1.93 bits per heavy atom. The quantitative estimate of drug-likeness (QED) is 0.457. The Bertz CT molecular complexity index is 1120. The summed E-state index contributed by atoms with van der Waals surface area (Å²) in [5.41, 5.74) is 4.07. The van der Waals surface area contributed by atoms with Crippen LogP contribution < -0.4 is 10.1 Å². The number of carbonyl (C=O) groups excluding carboxylic acids is 1. The van der Waals surface area contributed by atoms with Gasteiger partial charge in [-0.25, -0.2) is 4.98 Å². The molecular formula is C22H21N5O2. The number of fused-ring (bicyclic) bond motifs is 1. The smallest absolute Gasteiger partial charge is 0.255 e. The van der Waals surface area contributed by atoms with Gasteiger partial charge in [-0.05, 0) is 55.0 Å². The Kier molecular flexibility index (Phi) is 5.47. The maximum absolute atomic E-state index is 12.7. The highest BCUT2D eigenvalue weighted by Crippen LogP contribution is 2.22. The van der Waals surface area contributed by atoms with E-state index < -0.39 is 0 Å². The van der Waals surface area contributed by atoms with Crippen molar-refractivity contribution in [1.82, 2.24) is 20.4 Å². The predicted octanol–water partition coefficient (Wildman–Crippen LogP) is 4.45. The van der Waals surface area contributed by atoms with Crippen LogP contribution in [0.15, 0.2) is 60.7 Å². The minimum absolute atomic E-state index is 0.186. The lowest BCUT2D eigenvalue weighted by Crippen LogP contribution is -2.11. The van der Waals surface area contributed by atoms with E-state index in [9.17, 15) is 4.79 Å². The van der Waals surface area contributed by atoms with Gasteiger partial charge in [0.15, 0.2) is 0 Å². The SMILES string of the molecule is CCCCOc1ccc(NC(=O)c2cccc(-c3ccc4n[nH]nc4n3)c2)cc1. The number of unbranched alkanes of at least 4 members (excludes halogenated alkanes) is 1. The molecule has 0 aliphatic carbocycles. The molecule has 0 saturated heterocycles. The molecule has 1 amide bonds. The number of pyridine rings is 1. The topological polar surface area (TPSA) is 92.8 Å². The number of anilines is 1. The van der Waals surface area contributed by atoms with Gasteiger partial charge >= 0.3 is 0 Å². The Hall–Kier alpha value is -3.74. The number of hydrogen-bond acceptors (Lipinski definition) is 5. The first-order valence-corrected chi connectivity index (χ1v) is 9.55. The van der Waals surface area contributed by atoms with Crippen LogP contribution in [0.3, 0.4) is 0 Å². The minimum Gasteiger partial charge on any atom is -0.494 e. The molecule has 29 heavy (non-hydrogen) atoms. The highest BCUT2D eigenvalue weighted by atomic mass is 16.5. The van der Waals surface area contributed by atoms with Crippen LogP contribution in [0.4, 0.5) is 5.69 Å². The van der Waals surface area contributed by atoms with Gasteiger partial charge in [0.05, 0.1) is 12.3 Å². The zero-order valence-corrected chi connectivity index (χ0v) is 16.1. The molecule has 0 unspecified atom stereocenters. The van der Waals surface area contributed by atoms with Gasteiger partial charge in [-0.2, -0.15) is 10.3 Å². The molecule has 0 atom stereocenters. The maximum Gasteiger partial charge on any atom is 0.255 e. The summed E-state index contributed by atoms with van der Waals surface area (Å²) in [6, 6.07) is 18.4. The fraction of sp³-hybridized carbons (Fsp3) is 0.182. The normalized spacial score (nSPS) is 10.8. The molecule has 0 aliphatic heterocycles. The van der Waals surface area contributed by atoms with Crippen molar-refractivity contribution in [2.24, 2.45) is 0 Å². The third-order valence-electron chi connectivity index (χ3n) is 4.48. The number of ether oxygens (including phenoxy) is 1. The summed E-state index contributed by atoms with van der Waals surface area (Å²) in [6.07, 6.45) is 2.11. The predicted molar refractivity (Wildman–Crippen MR) is 112 cm³/mol. The van der Waals surface area contributed by atoms with Crippen LogP contribution in [-0.2, 0) is 0 Å². The molecule has 0 spiro atoms.